The number of para-hydroxylation sites is 1. The maximum absolute atomic E-state index is 14.0. The Balaban J connectivity index is 1.75. The minimum atomic E-state index is -0.316. The molecule has 3 aromatic rings. The lowest BCUT2D eigenvalue weighted by molar-refractivity contribution is 0.0827. The van der Waals surface area contributed by atoms with Gasteiger partial charge in [0.15, 0.2) is 0 Å². The summed E-state index contributed by atoms with van der Waals surface area (Å²) in [5, 5.41) is 4.14. The lowest BCUT2D eigenvalue weighted by Gasteiger charge is -2.13. The van der Waals surface area contributed by atoms with Gasteiger partial charge < -0.3 is 10.2 Å². The molecule has 134 valence electrons. The van der Waals surface area contributed by atoms with Gasteiger partial charge in [-0.1, -0.05) is 24.3 Å². The molecule has 5 heteroatoms. The highest BCUT2D eigenvalue weighted by atomic mass is 19.1. The maximum Gasteiger partial charge on any atom is 0.253 e. The average Bonchev–Trinajstić information content (AvgIpc) is 2.62. The molecular formula is C21H22FN3O. The van der Waals surface area contributed by atoms with Crippen molar-refractivity contribution >= 4 is 22.5 Å². The molecule has 0 spiro atoms. The van der Waals surface area contributed by atoms with Gasteiger partial charge in [0, 0.05) is 43.0 Å². The van der Waals surface area contributed by atoms with Crippen LogP contribution in [0.25, 0.3) is 10.9 Å². The third-order valence-electron chi connectivity index (χ3n) is 4.23. The smallest absolute Gasteiger partial charge is 0.253 e. The van der Waals surface area contributed by atoms with Crippen LogP contribution in [0.2, 0.25) is 0 Å². The fraction of sp³-hybridized carbons (Fsp3) is 0.238. The van der Waals surface area contributed by atoms with Crippen molar-refractivity contribution in [3.8, 4) is 0 Å². The molecule has 1 aromatic heterocycles. The van der Waals surface area contributed by atoms with Crippen molar-refractivity contribution in [2.75, 3.05) is 26.0 Å². The van der Waals surface area contributed by atoms with E-state index >= 15 is 0 Å². The molecule has 3 rings (SSSR count). The summed E-state index contributed by atoms with van der Waals surface area (Å²) in [6.07, 6.45) is 0.757. The summed E-state index contributed by atoms with van der Waals surface area (Å²) in [6.45, 7) is 2.53. The van der Waals surface area contributed by atoms with Crippen molar-refractivity contribution in [3.05, 3.63) is 71.2 Å². The summed E-state index contributed by atoms with van der Waals surface area (Å²) in [6, 6.07) is 14.5. The van der Waals surface area contributed by atoms with Crippen LogP contribution >= 0.6 is 0 Å². The van der Waals surface area contributed by atoms with Crippen LogP contribution in [-0.4, -0.2) is 36.4 Å². The second kappa shape index (κ2) is 7.52. The van der Waals surface area contributed by atoms with Crippen molar-refractivity contribution in [1.29, 1.82) is 0 Å². The molecule has 0 fully saturated rings. The maximum atomic E-state index is 14.0. The zero-order chi connectivity index (χ0) is 18.7. The lowest BCUT2D eigenvalue weighted by atomic mass is 10.1. The average molecular weight is 351 g/mol. The summed E-state index contributed by atoms with van der Waals surface area (Å²) >= 11 is 0. The molecule has 0 bridgehead atoms. The number of carbonyl (C=O) groups is 1. The predicted molar refractivity (Wildman–Crippen MR) is 103 cm³/mol. The van der Waals surface area contributed by atoms with Crippen molar-refractivity contribution in [1.82, 2.24) is 9.88 Å². The molecule has 26 heavy (non-hydrogen) atoms. The monoisotopic (exact) mass is 351 g/mol. The van der Waals surface area contributed by atoms with E-state index < -0.39 is 0 Å². The molecule has 0 saturated heterocycles. The van der Waals surface area contributed by atoms with Crippen LogP contribution in [0.3, 0.4) is 0 Å². The molecule has 0 atom stereocenters. The van der Waals surface area contributed by atoms with E-state index in [0.29, 0.717) is 17.6 Å². The Morgan fingerprint density at radius 1 is 1.15 bits per heavy atom. The Labute approximate surface area is 152 Å². The fourth-order valence-corrected chi connectivity index (χ4v) is 2.95. The zero-order valence-electron chi connectivity index (χ0n) is 15.2. The number of hydrogen-bond donors (Lipinski definition) is 1. The first-order chi connectivity index (χ1) is 12.5. The van der Waals surface area contributed by atoms with Gasteiger partial charge in [-0.25, -0.2) is 9.37 Å². The summed E-state index contributed by atoms with van der Waals surface area (Å²) in [7, 11) is 3.49. The molecular weight excluding hydrogens is 329 g/mol. The number of halogens is 1. The van der Waals surface area contributed by atoms with Crippen LogP contribution in [0.4, 0.5) is 10.1 Å². The summed E-state index contributed by atoms with van der Waals surface area (Å²) in [4.78, 5) is 17.9. The summed E-state index contributed by atoms with van der Waals surface area (Å²) < 4.78 is 14.0. The van der Waals surface area contributed by atoms with E-state index in [1.54, 1.807) is 25.1 Å². The fourth-order valence-electron chi connectivity index (χ4n) is 2.95. The minimum Gasteiger partial charge on any atom is -0.384 e. The third kappa shape index (κ3) is 3.82. The van der Waals surface area contributed by atoms with Gasteiger partial charge in [0.1, 0.15) is 11.3 Å². The van der Waals surface area contributed by atoms with Gasteiger partial charge in [-0.15, -0.1) is 0 Å². The second-order valence-electron chi connectivity index (χ2n) is 6.52. The molecule has 0 aliphatic heterocycles. The minimum absolute atomic E-state index is 0.00830. The van der Waals surface area contributed by atoms with Crippen LogP contribution in [0.15, 0.2) is 48.5 Å². The summed E-state index contributed by atoms with van der Waals surface area (Å²) in [5.74, 6) is -0.324. The highest BCUT2D eigenvalue weighted by Crippen LogP contribution is 2.25. The first kappa shape index (κ1) is 17.9. The topological polar surface area (TPSA) is 45.2 Å². The Morgan fingerprint density at radius 3 is 2.69 bits per heavy atom. The van der Waals surface area contributed by atoms with E-state index in [1.165, 1.54) is 6.07 Å². The number of benzene rings is 2. The number of carbonyl (C=O) groups excluding carboxylic acids is 1. The van der Waals surface area contributed by atoms with Gasteiger partial charge in [-0.2, -0.15) is 0 Å². The van der Waals surface area contributed by atoms with Crippen molar-refractivity contribution < 1.29 is 9.18 Å². The van der Waals surface area contributed by atoms with Gasteiger partial charge in [0.05, 0.1) is 0 Å². The van der Waals surface area contributed by atoms with E-state index in [2.05, 4.69) is 10.3 Å². The Morgan fingerprint density at radius 2 is 1.92 bits per heavy atom. The Hall–Kier alpha value is -2.95. The van der Waals surface area contributed by atoms with Gasteiger partial charge in [0.25, 0.3) is 5.91 Å². The number of aromatic nitrogens is 1. The van der Waals surface area contributed by atoms with Crippen molar-refractivity contribution in [3.63, 3.8) is 0 Å². The van der Waals surface area contributed by atoms with Crippen LogP contribution in [0, 0.1) is 12.7 Å². The van der Waals surface area contributed by atoms with Crippen LogP contribution in [0.5, 0.6) is 0 Å². The quantitative estimate of drug-likeness (QED) is 0.755. The molecule has 0 saturated carbocycles. The highest BCUT2D eigenvalue weighted by molar-refractivity contribution is 5.94. The van der Waals surface area contributed by atoms with E-state index in [0.717, 1.165) is 28.8 Å². The number of fused-ring (bicyclic) bond motifs is 1. The Kier molecular flexibility index (Phi) is 5.16. The molecule has 1 N–H and O–H groups in total. The number of nitrogens with one attached hydrogen (secondary N) is 1. The third-order valence-corrected chi connectivity index (χ3v) is 4.23. The predicted octanol–water partition coefficient (Wildman–Crippen LogP) is 4.04. The largest absolute Gasteiger partial charge is 0.384 e. The molecule has 0 aliphatic rings. The normalized spacial score (nSPS) is 10.8. The zero-order valence-corrected chi connectivity index (χ0v) is 15.2. The van der Waals surface area contributed by atoms with Gasteiger partial charge in [0.2, 0.25) is 0 Å². The standard InChI is InChI=1S/C21H22FN3O/c1-14-12-19(17-8-5-9-18(22)20(17)24-14)23-11-10-15-6-4-7-16(13-15)21(26)25(2)3/h4-9,12-13H,10-11H2,1-3H3,(H,23,24). The molecule has 1 heterocycles. The number of anilines is 1. The number of rotatable bonds is 5. The van der Waals surface area contributed by atoms with Crippen LogP contribution < -0.4 is 5.32 Å². The first-order valence-electron chi connectivity index (χ1n) is 8.56. The number of pyridine rings is 1. The molecule has 4 nitrogen and oxygen atoms in total. The first-order valence-corrected chi connectivity index (χ1v) is 8.56. The molecule has 1 amide bonds. The molecule has 0 aliphatic carbocycles. The number of amides is 1. The van der Waals surface area contributed by atoms with Crippen molar-refractivity contribution in [2.24, 2.45) is 0 Å². The molecule has 2 aromatic carbocycles. The Bertz CT molecular complexity index is 953. The number of aryl methyl sites for hydroxylation is 1. The molecule has 0 unspecified atom stereocenters. The van der Waals surface area contributed by atoms with E-state index in [9.17, 15) is 9.18 Å². The second-order valence-corrected chi connectivity index (χ2v) is 6.52. The van der Waals surface area contributed by atoms with Gasteiger partial charge in [-0.3, -0.25) is 4.79 Å². The van der Waals surface area contributed by atoms with E-state index in [4.69, 9.17) is 0 Å². The van der Waals surface area contributed by atoms with E-state index in [-0.39, 0.29) is 11.7 Å². The van der Waals surface area contributed by atoms with Crippen LogP contribution in [-0.2, 0) is 6.42 Å². The number of hydrogen-bond acceptors (Lipinski definition) is 3. The highest BCUT2D eigenvalue weighted by Gasteiger charge is 2.09. The van der Waals surface area contributed by atoms with Gasteiger partial charge >= 0.3 is 0 Å². The van der Waals surface area contributed by atoms with Crippen molar-refractivity contribution in [2.45, 2.75) is 13.3 Å². The van der Waals surface area contributed by atoms with E-state index in [1.807, 2.05) is 43.3 Å². The van der Waals surface area contributed by atoms with Gasteiger partial charge in [-0.05, 0) is 43.2 Å². The SMILES string of the molecule is Cc1cc(NCCc2cccc(C(=O)N(C)C)c2)c2cccc(F)c2n1. The summed E-state index contributed by atoms with van der Waals surface area (Å²) in [5.41, 5.74) is 3.77. The lowest BCUT2D eigenvalue weighted by Crippen LogP contribution is -2.21. The van der Waals surface area contributed by atoms with Crippen LogP contribution in [0.1, 0.15) is 21.6 Å². The molecule has 0 radical (unpaired) electrons. The number of nitrogens with zero attached hydrogens (tertiary/aromatic N) is 2.